The lowest BCUT2D eigenvalue weighted by molar-refractivity contribution is -0.928. The minimum Gasteiger partial charge on any atom is -1.00 e. The lowest BCUT2D eigenvalue weighted by atomic mass is 10.1. The third-order valence-electron chi connectivity index (χ3n) is 11.7. The van der Waals surface area contributed by atoms with Crippen LogP contribution in [0.15, 0.2) is 24.3 Å². The summed E-state index contributed by atoms with van der Waals surface area (Å²) in [5.74, 6) is 0. The molecule has 0 amide bonds. The Balaban J connectivity index is 0. The van der Waals surface area contributed by atoms with Gasteiger partial charge in [0.2, 0.25) is 0 Å². The molecule has 0 aliphatic rings. The Labute approximate surface area is 378 Å². The van der Waals surface area contributed by atoms with Gasteiger partial charge < -0.3 is 50.3 Å². The van der Waals surface area contributed by atoms with Gasteiger partial charge in [-0.2, -0.15) is 0 Å². The number of unbranched alkanes of at least 4 members (excludes halogenated alkanes) is 24. The van der Waals surface area contributed by atoms with E-state index in [0.717, 1.165) is 56.7 Å². The third kappa shape index (κ3) is 45.5. The molecule has 7 nitrogen and oxygen atoms in total. The van der Waals surface area contributed by atoms with Crippen LogP contribution in [-0.4, -0.2) is 108 Å². The molecule has 0 rings (SSSR count). The molecule has 0 fully saturated rings. The average Bonchev–Trinajstić information content (AvgIpc) is 3.24. The number of quaternary nitrogens is 1. The molecule has 0 saturated carbocycles. The van der Waals surface area contributed by atoms with Crippen molar-refractivity contribution in [3.63, 3.8) is 0 Å². The molecule has 0 aliphatic heterocycles. The summed E-state index contributed by atoms with van der Waals surface area (Å²) in [6, 6.07) is 0. The molecular formula is C51H102BrNO6. The highest BCUT2D eigenvalue weighted by atomic mass is 79.9. The summed E-state index contributed by atoms with van der Waals surface area (Å²) in [5, 5.41) is 8.81. The summed E-state index contributed by atoms with van der Waals surface area (Å²) in [5.41, 5.74) is 0. The molecule has 0 aromatic heterocycles. The van der Waals surface area contributed by atoms with Gasteiger partial charge in [0.05, 0.1) is 65.9 Å². The number of allylic oxidation sites excluding steroid dienone is 4. The van der Waals surface area contributed by atoms with E-state index in [1.807, 2.05) is 0 Å². The zero-order chi connectivity index (χ0) is 42.1. The number of ether oxygens (including phenoxy) is 5. The monoisotopic (exact) mass is 904 g/mol. The summed E-state index contributed by atoms with van der Waals surface area (Å²) in [6.07, 6.45) is 46.9. The van der Waals surface area contributed by atoms with Gasteiger partial charge >= 0.3 is 0 Å². The molecule has 0 saturated heterocycles. The molecule has 1 atom stereocenters. The summed E-state index contributed by atoms with van der Waals surface area (Å²) >= 11 is 0. The number of aliphatic hydroxyl groups is 1. The van der Waals surface area contributed by atoms with Crippen molar-refractivity contribution in [3.05, 3.63) is 24.3 Å². The van der Waals surface area contributed by atoms with Crippen molar-refractivity contribution in [1.29, 1.82) is 0 Å². The maximum atomic E-state index is 8.81. The number of likely N-dealkylation sites (N-methyl/N-ethyl adjacent to an activating group) is 1. The second-order valence-electron chi connectivity index (χ2n) is 16.9. The van der Waals surface area contributed by atoms with Crippen molar-refractivity contribution >= 4 is 0 Å². The van der Waals surface area contributed by atoms with Crippen molar-refractivity contribution in [3.8, 4) is 0 Å². The molecule has 1 N–H and O–H groups in total. The third-order valence-corrected chi connectivity index (χ3v) is 11.7. The van der Waals surface area contributed by atoms with Crippen molar-refractivity contribution in [2.45, 2.75) is 214 Å². The lowest BCUT2D eigenvalue weighted by Crippen LogP contribution is -3.00. The SMILES string of the molecule is CCCCCCCC/C=C\CCCCCCCCOCC(C[N+](CC)(CC)CCOCCOCCOCCO)OCCCCCCCC/C=C\CCCCCCCC.[Br-]. The minimum atomic E-state index is 0. The fraction of sp³-hybridized carbons (Fsp3) is 0.922. The van der Waals surface area contributed by atoms with Crippen LogP contribution in [-0.2, 0) is 23.7 Å². The van der Waals surface area contributed by atoms with Gasteiger partial charge in [-0.25, -0.2) is 0 Å². The van der Waals surface area contributed by atoms with Crippen LogP contribution in [0.25, 0.3) is 0 Å². The summed E-state index contributed by atoms with van der Waals surface area (Å²) in [6.45, 7) is 18.9. The molecular weight excluding hydrogens is 802 g/mol. The fourth-order valence-corrected chi connectivity index (χ4v) is 7.61. The van der Waals surface area contributed by atoms with Crippen LogP contribution in [0.1, 0.15) is 207 Å². The first kappa shape index (κ1) is 60.8. The molecule has 8 heteroatoms. The Morgan fingerprint density at radius 2 is 0.780 bits per heavy atom. The van der Waals surface area contributed by atoms with E-state index < -0.39 is 0 Å². The van der Waals surface area contributed by atoms with E-state index in [9.17, 15) is 0 Å². The number of aliphatic hydroxyl groups excluding tert-OH is 1. The molecule has 0 aromatic rings. The van der Waals surface area contributed by atoms with Crippen molar-refractivity contribution in [1.82, 2.24) is 0 Å². The number of halogens is 1. The van der Waals surface area contributed by atoms with Gasteiger partial charge in [0.1, 0.15) is 19.2 Å². The maximum Gasteiger partial charge on any atom is 0.130 e. The van der Waals surface area contributed by atoms with E-state index >= 15 is 0 Å². The highest BCUT2D eigenvalue weighted by Gasteiger charge is 2.28. The molecule has 0 aliphatic carbocycles. The molecule has 0 radical (unpaired) electrons. The lowest BCUT2D eigenvalue weighted by Gasteiger charge is -2.39. The molecule has 1 unspecified atom stereocenters. The van der Waals surface area contributed by atoms with Crippen molar-refractivity contribution in [2.75, 3.05) is 92.2 Å². The van der Waals surface area contributed by atoms with Crippen LogP contribution in [0.2, 0.25) is 0 Å². The van der Waals surface area contributed by atoms with Crippen LogP contribution in [0.5, 0.6) is 0 Å². The van der Waals surface area contributed by atoms with Gasteiger partial charge in [0.15, 0.2) is 0 Å². The van der Waals surface area contributed by atoms with Gasteiger partial charge in [-0.3, -0.25) is 0 Å². The molecule has 59 heavy (non-hydrogen) atoms. The summed E-state index contributed by atoms with van der Waals surface area (Å²) in [4.78, 5) is 0. The van der Waals surface area contributed by atoms with E-state index in [1.54, 1.807) is 0 Å². The Kier molecular flexibility index (Phi) is 53.6. The Morgan fingerprint density at radius 3 is 1.20 bits per heavy atom. The average molecular weight is 905 g/mol. The van der Waals surface area contributed by atoms with Crippen LogP contribution < -0.4 is 17.0 Å². The molecule has 0 aromatic carbocycles. The second-order valence-corrected chi connectivity index (χ2v) is 16.9. The van der Waals surface area contributed by atoms with Crippen LogP contribution in [0.3, 0.4) is 0 Å². The fourth-order valence-electron chi connectivity index (χ4n) is 7.61. The van der Waals surface area contributed by atoms with Gasteiger partial charge in [0.25, 0.3) is 0 Å². The number of nitrogens with zero attached hydrogens (tertiary/aromatic N) is 1. The van der Waals surface area contributed by atoms with Gasteiger partial charge in [0, 0.05) is 13.2 Å². The normalized spacial score (nSPS) is 12.6. The molecule has 0 spiro atoms. The van der Waals surface area contributed by atoms with Gasteiger partial charge in [-0.05, 0) is 78.1 Å². The molecule has 354 valence electrons. The number of hydrogen-bond donors (Lipinski definition) is 1. The topological polar surface area (TPSA) is 66.4 Å². The van der Waals surface area contributed by atoms with Gasteiger partial charge in [-0.15, -0.1) is 0 Å². The first-order valence-electron chi connectivity index (χ1n) is 25.4. The first-order chi connectivity index (χ1) is 28.7. The van der Waals surface area contributed by atoms with Crippen LogP contribution in [0.4, 0.5) is 0 Å². The van der Waals surface area contributed by atoms with Crippen LogP contribution >= 0.6 is 0 Å². The minimum absolute atomic E-state index is 0. The van der Waals surface area contributed by atoms with E-state index in [-0.39, 0.29) is 29.7 Å². The Bertz CT molecular complexity index is 826. The predicted octanol–water partition coefficient (Wildman–Crippen LogP) is 10.4. The highest BCUT2D eigenvalue weighted by molar-refractivity contribution is 4.82. The van der Waals surface area contributed by atoms with E-state index in [0.29, 0.717) is 46.2 Å². The van der Waals surface area contributed by atoms with Gasteiger partial charge in [-0.1, -0.05) is 154 Å². The zero-order valence-electron chi connectivity index (χ0n) is 39.9. The van der Waals surface area contributed by atoms with E-state index in [1.165, 1.54) is 167 Å². The Morgan fingerprint density at radius 1 is 0.407 bits per heavy atom. The summed E-state index contributed by atoms with van der Waals surface area (Å²) in [7, 11) is 0. The largest absolute Gasteiger partial charge is 1.00 e. The van der Waals surface area contributed by atoms with Crippen molar-refractivity contribution < 1.29 is 50.3 Å². The standard InChI is InChI=1S/C51H102NO6.BrH/c1-5-9-11-13-15-17-19-21-23-25-27-29-31-33-35-37-41-57-50-51(49-52(7-3,8-4)39-43-54-45-47-56-48-46-55-44-40-53)58-42-38-36-34-32-30-28-26-24-22-20-18-16-14-12-10-6-2;/h21-24,51,53H,5-20,25-50H2,1-4H3;1H/q+1;/p-1/b23-21-,24-22-;. The first-order valence-corrected chi connectivity index (χ1v) is 25.4. The molecule has 0 heterocycles. The van der Waals surface area contributed by atoms with Crippen molar-refractivity contribution in [2.24, 2.45) is 0 Å². The zero-order valence-corrected chi connectivity index (χ0v) is 41.5. The maximum absolute atomic E-state index is 8.81. The Hall–Kier alpha value is -0.320. The summed E-state index contributed by atoms with van der Waals surface area (Å²) < 4.78 is 30.8. The smallest absolute Gasteiger partial charge is 0.130 e. The second kappa shape index (κ2) is 52.0. The van der Waals surface area contributed by atoms with Crippen LogP contribution in [0, 0.1) is 0 Å². The highest BCUT2D eigenvalue weighted by Crippen LogP contribution is 2.15. The number of rotatable bonds is 50. The molecule has 0 bridgehead atoms. The predicted molar refractivity (Wildman–Crippen MR) is 250 cm³/mol. The van der Waals surface area contributed by atoms with E-state index in [2.05, 4.69) is 52.0 Å². The number of hydrogen-bond acceptors (Lipinski definition) is 6. The van der Waals surface area contributed by atoms with E-state index in [4.69, 9.17) is 28.8 Å². The quantitative estimate of drug-likeness (QED) is 0.0373.